The maximum Gasteiger partial charge on any atom is 0.119 e. The predicted molar refractivity (Wildman–Crippen MR) is 131 cm³/mol. The van der Waals surface area contributed by atoms with Gasteiger partial charge in [0.05, 0.1) is 30.6 Å². The molecule has 33 heavy (non-hydrogen) atoms. The molecule has 1 aromatic heterocycles. The second kappa shape index (κ2) is 11.0. The molecule has 0 aliphatic rings. The fourth-order valence-corrected chi connectivity index (χ4v) is 3.77. The number of nitrogens with zero attached hydrogens (tertiary/aromatic N) is 2. The molecule has 0 spiro atoms. The molecule has 4 aromatic rings. The summed E-state index contributed by atoms with van der Waals surface area (Å²) in [5.41, 5.74) is 4.08. The van der Waals surface area contributed by atoms with Crippen LogP contribution in [0.4, 0.5) is 0 Å². The number of nitrogens with one attached hydrogen (secondary N) is 1. The third-order valence-corrected chi connectivity index (χ3v) is 5.79. The number of rotatable bonds is 11. The zero-order valence-corrected chi connectivity index (χ0v) is 19.1. The molecule has 4 rings (SSSR count). The lowest BCUT2D eigenvalue weighted by atomic mass is 10.1. The van der Waals surface area contributed by atoms with E-state index in [9.17, 15) is 5.11 Å². The van der Waals surface area contributed by atoms with Crippen molar-refractivity contribution in [3.63, 3.8) is 0 Å². The maximum absolute atomic E-state index is 10.6. The summed E-state index contributed by atoms with van der Waals surface area (Å²) in [4.78, 5) is 4.44. The van der Waals surface area contributed by atoms with Crippen molar-refractivity contribution in [2.75, 3.05) is 13.7 Å². The van der Waals surface area contributed by atoms with E-state index < -0.39 is 6.10 Å². The van der Waals surface area contributed by atoms with Crippen LogP contribution in [0.1, 0.15) is 30.6 Å². The van der Waals surface area contributed by atoms with E-state index in [1.807, 2.05) is 73.1 Å². The van der Waals surface area contributed by atoms with Gasteiger partial charge in [0.25, 0.3) is 0 Å². The van der Waals surface area contributed by atoms with E-state index in [0.29, 0.717) is 13.2 Å². The molecule has 0 aliphatic carbocycles. The van der Waals surface area contributed by atoms with Gasteiger partial charge in [-0.25, -0.2) is 4.98 Å². The van der Waals surface area contributed by atoms with Crippen molar-refractivity contribution in [3.8, 4) is 11.5 Å². The number of hydrogen-bond acceptors (Lipinski definition) is 5. The van der Waals surface area contributed by atoms with E-state index in [1.54, 1.807) is 7.11 Å². The number of methoxy groups -OCH3 is 1. The van der Waals surface area contributed by atoms with Crippen molar-refractivity contribution in [2.24, 2.45) is 0 Å². The minimum Gasteiger partial charge on any atom is -0.497 e. The first-order valence-corrected chi connectivity index (χ1v) is 11.3. The van der Waals surface area contributed by atoms with Crippen molar-refractivity contribution in [1.29, 1.82) is 0 Å². The quantitative estimate of drug-likeness (QED) is 0.349. The van der Waals surface area contributed by atoms with Crippen LogP contribution in [0.2, 0.25) is 0 Å². The maximum atomic E-state index is 10.6. The second-order valence-corrected chi connectivity index (χ2v) is 8.25. The molecule has 3 aromatic carbocycles. The Labute approximate surface area is 194 Å². The molecule has 6 nitrogen and oxygen atoms in total. The number of fused-ring (bicyclic) bond motifs is 1. The van der Waals surface area contributed by atoms with E-state index in [4.69, 9.17) is 9.47 Å². The summed E-state index contributed by atoms with van der Waals surface area (Å²) in [5, 5.41) is 14.0. The van der Waals surface area contributed by atoms with Gasteiger partial charge in [-0.3, -0.25) is 0 Å². The molecule has 6 heteroatoms. The summed E-state index contributed by atoms with van der Waals surface area (Å²) in [6.07, 6.45) is 2.27. The molecule has 0 saturated carbocycles. The number of hydrogen-bond donors (Lipinski definition) is 2. The van der Waals surface area contributed by atoms with E-state index >= 15 is 0 Å². The lowest BCUT2D eigenvalue weighted by Crippen LogP contribution is -2.31. The normalized spacial score (nSPS) is 13.1. The number of aryl methyl sites for hydroxylation is 1. The Hall–Kier alpha value is -3.35. The number of aliphatic hydroxyl groups is 1. The third-order valence-electron chi connectivity index (χ3n) is 5.79. The van der Waals surface area contributed by atoms with Gasteiger partial charge in [0.15, 0.2) is 0 Å². The van der Waals surface area contributed by atoms with Crippen LogP contribution in [0.5, 0.6) is 11.5 Å². The average Bonchev–Trinajstić information content (AvgIpc) is 3.28. The molecule has 0 aliphatic heterocycles. The van der Waals surface area contributed by atoms with Crippen LogP contribution in [-0.2, 0) is 13.2 Å². The van der Waals surface area contributed by atoms with Crippen LogP contribution >= 0.6 is 0 Å². The smallest absolute Gasteiger partial charge is 0.119 e. The van der Waals surface area contributed by atoms with Crippen LogP contribution in [0.25, 0.3) is 11.0 Å². The van der Waals surface area contributed by atoms with Crippen LogP contribution in [0.3, 0.4) is 0 Å². The summed E-state index contributed by atoms with van der Waals surface area (Å²) in [6, 6.07) is 23.9. The van der Waals surface area contributed by atoms with E-state index in [1.165, 1.54) is 0 Å². The first-order chi connectivity index (χ1) is 16.1. The largest absolute Gasteiger partial charge is 0.497 e. The molecular formula is C27H31N3O3. The highest BCUT2D eigenvalue weighted by molar-refractivity contribution is 5.74. The number of aromatic nitrogens is 2. The highest BCUT2D eigenvalue weighted by Gasteiger charge is 2.11. The van der Waals surface area contributed by atoms with E-state index in [2.05, 4.69) is 27.9 Å². The molecule has 0 bridgehead atoms. The summed E-state index contributed by atoms with van der Waals surface area (Å²) < 4.78 is 13.3. The van der Waals surface area contributed by atoms with Gasteiger partial charge in [-0.05, 0) is 60.9 Å². The first-order valence-electron chi connectivity index (χ1n) is 11.3. The van der Waals surface area contributed by atoms with Gasteiger partial charge in [-0.2, -0.15) is 0 Å². The number of ether oxygens (including phenoxy) is 2. The summed E-state index contributed by atoms with van der Waals surface area (Å²) in [7, 11) is 1.65. The Kier molecular flexibility index (Phi) is 7.60. The van der Waals surface area contributed by atoms with Gasteiger partial charge in [-0.15, -0.1) is 0 Å². The SMILES string of the molecule is COc1cccc(COc2ccc(C(O)CNC(C)CCn3cnc4ccccc43)cc2)c1. The van der Waals surface area contributed by atoms with Crippen molar-refractivity contribution < 1.29 is 14.6 Å². The lowest BCUT2D eigenvalue weighted by molar-refractivity contribution is 0.169. The zero-order chi connectivity index (χ0) is 23.0. The average molecular weight is 446 g/mol. The highest BCUT2D eigenvalue weighted by Crippen LogP contribution is 2.20. The van der Waals surface area contributed by atoms with E-state index in [-0.39, 0.29) is 6.04 Å². The molecule has 172 valence electrons. The topological polar surface area (TPSA) is 68.5 Å². The first kappa shape index (κ1) is 22.8. The molecule has 1 heterocycles. The minimum atomic E-state index is -0.575. The number of benzene rings is 3. The van der Waals surface area contributed by atoms with Crippen LogP contribution in [-0.4, -0.2) is 34.4 Å². The molecule has 0 fully saturated rings. The molecule has 2 N–H and O–H groups in total. The highest BCUT2D eigenvalue weighted by atomic mass is 16.5. The van der Waals surface area contributed by atoms with Crippen LogP contribution < -0.4 is 14.8 Å². The summed E-state index contributed by atoms with van der Waals surface area (Å²) >= 11 is 0. The van der Waals surface area contributed by atoms with Crippen LogP contribution in [0, 0.1) is 0 Å². The zero-order valence-electron chi connectivity index (χ0n) is 19.1. The van der Waals surface area contributed by atoms with Gasteiger partial charge in [0, 0.05) is 19.1 Å². The van der Waals surface area contributed by atoms with Crippen molar-refractivity contribution in [2.45, 2.75) is 38.6 Å². The van der Waals surface area contributed by atoms with Crippen LogP contribution in [0.15, 0.2) is 79.1 Å². The van der Waals surface area contributed by atoms with Gasteiger partial charge < -0.3 is 24.5 Å². The predicted octanol–water partition coefficient (Wildman–Crippen LogP) is 4.73. The van der Waals surface area contributed by atoms with Crippen molar-refractivity contribution in [1.82, 2.24) is 14.9 Å². The number of imidazole rings is 1. The Bertz CT molecular complexity index is 1160. The molecule has 0 saturated heterocycles. The van der Waals surface area contributed by atoms with E-state index in [0.717, 1.165) is 46.6 Å². The van der Waals surface area contributed by atoms with Gasteiger partial charge in [-0.1, -0.05) is 36.4 Å². The van der Waals surface area contributed by atoms with Crippen molar-refractivity contribution in [3.05, 3.63) is 90.3 Å². The summed E-state index contributed by atoms with van der Waals surface area (Å²) in [6.45, 7) is 3.98. The lowest BCUT2D eigenvalue weighted by Gasteiger charge is -2.18. The minimum absolute atomic E-state index is 0.270. The fraction of sp³-hybridized carbons (Fsp3) is 0.296. The summed E-state index contributed by atoms with van der Waals surface area (Å²) in [5.74, 6) is 1.58. The number of aliphatic hydroxyl groups excluding tert-OH is 1. The monoisotopic (exact) mass is 445 g/mol. The van der Waals surface area contributed by atoms with Crippen molar-refractivity contribution >= 4 is 11.0 Å². The Balaban J connectivity index is 1.22. The standard InChI is InChI=1S/C27H31N3O3/c1-20(14-15-30-19-29-25-8-3-4-9-26(25)30)28-17-27(31)22-10-12-23(13-11-22)33-18-21-6-5-7-24(16-21)32-2/h3-13,16,19-20,27-28,31H,14-15,17-18H2,1-2H3. The number of para-hydroxylation sites is 2. The molecular weight excluding hydrogens is 414 g/mol. The molecule has 0 radical (unpaired) electrons. The Morgan fingerprint density at radius 2 is 1.82 bits per heavy atom. The molecule has 2 unspecified atom stereocenters. The fourth-order valence-electron chi connectivity index (χ4n) is 3.77. The Morgan fingerprint density at radius 1 is 1.00 bits per heavy atom. The molecule has 0 amide bonds. The van der Waals surface area contributed by atoms with Gasteiger partial charge >= 0.3 is 0 Å². The Morgan fingerprint density at radius 3 is 2.64 bits per heavy atom. The van der Waals surface area contributed by atoms with Gasteiger partial charge in [0.2, 0.25) is 0 Å². The third kappa shape index (κ3) is 6.12. The molecule has 2 atom stereocenters. The second-order valence-electron chi connectivity index (χ2n) is 8.25. The van der Waals surface area contributed by atoms with Gasteiger partial charge in [0.1, 0.15) is 18.1 Å².